The van der Waals surface area contributed by atoms with Crippen LogP contribution in [-0.4, -0.2) is 62.0 Å². The largest absolute Gasteiger partial charge is 0.390 e. The maximum Gasteiger partial charge on any atom is 0.0791 e. The second-order valence-corrected chi connectivity index (χ2v) is 5.56. The molecule has 0 spiro atoms. The Kier molecular flexibility index (Phi) is 5.22. The van der Waals surface area contributed by atoms with Crippen LogP contribution in [0.25, 0.3) is 0 Å². The lowest BCUT2D eigenvalue weighted by Crippen LogP contribution is -2.44. The average Bonchev–Trinajstić information content (AvgIpc) is 3.11. The fourth-order valence-corrected chi connectivity index (χ4v) is 2.64. The molecule has 2 fully saturated rings. The highest BCUT2D eigenvalue weighted by Gasteiger charge is 2.24. The minimum Gasteiger partial charge on any atom is -0.390 e. The quantitative estimate of drug-likeness (QED) is 0.681. The lowest BCUT2D eigenvalue weighted by Gasteiger charge is -2.33. The molecule has 4 nitrogen and oxygen atoms in total. The summed E-state index contributed by atoms with van der Waals surface area (Å²) in [7, 11) is 1.77. The lowest BCUT2D eigenvalue weighted by atomic mass is 9.99. The molecule has 2 aliphatic rings. The van der Waals surface area contributed by atoms with E-state index in [-0.39, 0.29) is 6.10 Å². The summed E-state index contributed by atoms with van der Waals surface area (Å²) < 4.78 is 5.22. The van der Waals surface area contributed by atoms with Crippen LogP contribution in [-0.2, 0) is 4.74 Å². The van der Waals surface area contributed by atoms with Crippen LogP contribution in [0, 0.1) is 5.92 Å². The van der Waals surface area contributed by atoms with E-state index < -0.39 is 0 Å². The van der Waals surface area contributed by atoms with Gasteiger partial charge in [0, 0.05) is 32.8 Å². The topological polar surface area (TPSA) is 44.7 Å². The van der Waals surface area contributed by atoms with Crippen molar-refractivity contribution in [2.24, 2.45) is 5.92 Å². The Morgan fingerprint density at radius 1 is 1.41 bits per heavy atom. The van der Waals surface area contributed by atoms with Crippen molar-refractivity contribution in [1.82, 2.24) is 10.2 Å². The summed E-state index contributed by atoms with van der Waals surface area (Å²) in [6.07, 6.45) is 4.84. The molecule has 1 saturated heterocycles. The SMILES string of the molecule is COCC1CCCN(CC(O)CNC2CC2)C1. The molecule has 0 bridgehead atoms. The number of nitrogens with zero attached hydrogens (tertiary/aromatic N) is 1. The third kappa shape index (κ3) is 4.92. The lowest BCUT2D eigenvalue weighted by molar-refractivity contribution is 0.0564. The third-order valence-electron chi connectivity index (χ3n) is 3.69. The van der Waals surface area contributed by atoms with Gasteiger partial charge in [-0.15, -0.1) is 0 Å². The highest BCUT2D eigenvalue weighted by Crippen LogP contribution is 2.19. The molecule has 0 aromatic heterocycles. The summed E-state index contributed by atoms with van der Waals surface area (Å²) in [6.45, 7) is 4.61. The molecule has 1 saturated carbocycles. The van der Waals surface area contributed by atoms with Gasteiger partial charge >= 0.3 is 0 Å². The molecule has 2 N–H and O–H groups in total. The molecule has 1 aliphatic heterocycles. The summed E-state index contributed by atoms with van der Waals surface area (Å²) in [5, 5.41) is 13.3. The molecule has 2 unspecified atom stereocenters. The first kappa shape index (κ1) is 13.3. The molecule has 2 atom stereocenters. The number of ether oxygens (including phenoxy) is 1. The summed E-state index contributed by atoms with van der Waals surface area (Å²) in [4.78, 5) is 2.38. The predicted octanol–water partition coefficient (Wildman–Crippen LogP) is 0.458. The molecule has 4 heteroatoms. The molecule has 0 radical (unpaired) electrons. The van der Waals surface area contributed by atoms with Crippen molar-refractivity contribution in [3.63, 3.8) is 0 Å². The third-order valence-corrected chi connectivity index (χ3v) is 3.69. The van der Waals surface area contributed by atoms with Crippen molar-refractivity contribution in [3.8, 4) is 0 Å². The van der Waals surface area contributed by atoms with E-state index in [1.807, 2.05) is 0 Å². The molecule has 1 aliphatic carbocycles. The zero-order chi connectivity index (χ0) is 12.1. The summed E-state index contributed by atoms with van der Waals surface area (Å²) in [5.41, 5.74) is 0. The zero-order valence-electron chi connectivity index (χ0n) is 10.9. The second kappa shape index (κ2) is 6.69. The minimum absolute atomic E-state index is 0.225. The van der Waals surface area contributed by atoms with E-state index in [2.05, 4.69) is 10.2 Å². The van der Waals surface area contributed by atoms with Gasteiger partial charge in [-0.05, 0) is 38.1 Å². The number of aliphatic hydroxyl groups is 1. The Morgan fingerprint density at radius 2 is 2.24 bits per heavy atom. The highest BCUT2D eigenvalue weighted by molar-refractivity contribution is 4.83. The van der Waals surface area contributed by atoms with Gasteiger partial charge in [-0.1, -0.05) is 0 Å². The van der Waals surface area contributed by atoms with Gasteiger partial charge in [-0.3, -0.25) is 0 Å². The first-order valence-corrected chi connectivity index (χ1v) is 6.90. The average molecular weight is 242 g/mol. The number of rotatable bonds is 7. The number of β-amino-alcohol motifs (C(OH)–C–C–N with tert-alkyl or cyclic N) is 1. The van der Waals surface area contributed by atoms with E-state index in [1.54, 1.807) is 7.11 Å². The Labute approximate surface area is 104 Å². The predicted molar refractivity (Wildman–Crippen MR) is 68.1 cm³/mol. The number of nitrogens with one attached hydrogen (secondary N) is 1. The number of hydrogen-bond donors (Lipinski definition) is 2. The number of hydrogen-bond acceptors (Lipinski definition) is 4. The molecule has 17 heavy (non-hydrogen) atoms. The van der Waals surface area contributed by atoms with Crippen LogP contribution in [0.3, 0.4) is 0 Å². The second-order valence-electron chi connectivity index (χ2n) is 5.56. The number of piperidine rings is 1. The van der Waals surface area contributed by atoms with Crippen LogP contribution >= 0.6 is 0 Å². The van der Waals surface area contributed by atoms with Gasteiger partial charge in [-0.25, -0.2) is 0 Å². The van der Waals surface area contributed by atoms with Gasteiger partial charge in [0.05, 0.1) is 12.7 Å². The molecule has 2 rings (SSSR count). The van der Waals surface area contributed by atoms with Crippen LogP contribution in [0.4, 0.5) is 0 Å². The summed E-state index contributed by atoms with van der Waals surface area (Å²) in [6, 6.07) is 0.687. The molecule has 100 valence electrons. The molecular weight excluding hydrogens is 216 g/mol. The van der Waals surface area contributed by atoms with Gasteiger partial charge in [0.25, 0.3) is 0 Å². The molecule has 0 amide bonds. The zero-order valence-corrected chi connectivity index (χ0v) is 10.9. The van der Waals surface area contributed by atoms with Gasteiger partial charge in [-0.2, -0.15) is 0 Å². The van der Waals surface area contributed by atoms with Crippen LogP contribution in [0.1, 0.15) is 25.7 Å². The molecule has 1 heterocycles. The maximum atomic E-state index is 9.96. The van der Waals surface area contributed by atoms with Crippen LogP contribution in [0.2, 0.25) is 0 Å². The normalized spacial score (nSPS) is 28.2. The molecule has 0 aromatic carbocycles. The van der Waals surface area contributed by atoms with Crippen molar-refractivity contribution in [3.05, 3.63) is 0 Å². The van der Waals surface area contributed by atoms with Gasteiger partial charge in [0.15, 0.2) is 0 Å². The smallest absolute Gasteiger partial charge is 0.0791 e. The van der Waals surface area contributed by atoms with Crippen LogP contribution in [0.5, 0.6) is 0 Å². The summed E-state index contributed by atoms with van der Waals surface area (Å²) in [5.74, 6) is 0.650. The van der Waals surface area contributed by atoms with Crippen LogP contribution in [0.15, 0.2) is 0 Å². The fourth-order valence-electron chi connectivity index (χ4n) is 2.64. The van der Waals surface area contributed by atoms with E-state index in [0.29, 0.717) is 12.0 Å². The Balaban J connectivity index is 1.62. The van der Waals surface area contributed by atoms with Gasteiger partial charge in [0.2, 0.25) is 0 Å². The van der Waals surface area contributed by atoms with E-state index >= 15 is 0 Å². The number of aliphatic hydroxyl groups excluding tert-OH is 1. The summed E-state index contributed by atoms with van der Waals surface area (Å²) >= 11 is 0. The molecule has 0 aromatic rings. The van der Waals surface area contributed by atoms with Gasteiger partial charge < -0.3 is 20.1 Å². The monoisotopic (exact) mass is 242 g/mol. The molecular formula is C13H26N2O2. The Morgan fingerprint density at radius 3 is 2.94 bits per heavy atom. The number of methoxy groups -OCH3 is 1. The van der Waals surface area contributed by atoms with Crippen LogP contribution < -0.4 is 5.32 Å². The van der Waals surface area contributed by atoms with Crippen molar-refractivity contribution in [2.45, 2.75) is 37.8 Å². The fraction of sp³-hybridized carbons (Fsp3) is 1.00. The van der Waals surface area contributed by atoms with Crippen molar-refractivity contribution in [2.75, 3.05) is 39.9 Å². The Hall–Kier alpha value is -0.160. The minimum atomic E-state index is -0.225. The first-order chi connectivity index (χ1) is 8.28. The highest BCUT2D eigenvalue weighted by atomic mass is 16.5. The van der Waals surface area contributed by atoms with E-state index in [9.17, 15) is 5.11 Å². The van der Waals surface area contributed by atoms with Crippen molar-refractivity contribution in [1.29, 1.82) is 0 Å². The van der Waals surface area contributed by atoms with Gasteiger partial charge in [0.1, 0.15) is 0 Å². The maximum absolute atomic E-state index is 9.96. The van der Waals surface area contributed by atoms with Crippen molar-refractivity contribution >= 4 is 0 Å². The van der Waals surface area contributed by atoms with E-state index in [1.165, 1.54) is 25.7 Å². The van der Waals surface area contributed by atoms with E-state index in [0.717, 1.165) is 32.8 Å². The van der Waals surface area contributed by atoms with E-state index in [4.69, 9.17) is 4.74 Å². The van der Waals surface area contributed by atoms with Crippen molar-refractivity contribution < 1.29 is 9.84 Å². The standard InChI is InChI=1S/C13H26N2O2/c1-17-10-11-3-2-6-15(8-11)9-13(16)7-14-12-4-5-12/h11-14,16H,2-10H2,1H3. The number of likely N-dealkylation sites (tertiary alicyclic amines) is 1. The first-order valence-electron chi connectivity index (χ1n) is 6.90. The Bertz CT molecular complexity index is 219.